The number of hydrogen-bond donors (Lipinski definition) is 2. The molecule has 0 saturated carbocycles. The van der Waals surface area contributed by atoms with Crippen molar-refractivity contribution in [3.05, 3.63) is 51.8 Å². The van der Waals surface area contributed by atoms with Gasteiger partial charge in [-0.3, -0.25) is 14.7 Å². The van der Waals surface area contributed by atoms with Crippen molar-refractivity contribution < 1.29 is 9.59 Å². The summed E-state index contributed by atoms with van der Waals surface area (Å²) in [6.45, 7) is 3.44. The van der Waals surface area contributed by atoms with Crippen molar-refractivity contribution >= 4 is 23.4 Å². The number of H-pyrrole nitrogens is 1. The molecule has 0 aliphatic carbocycles. The monoisotopic (exact) mass is 415 g/mol. The minimum absolute atomic E-state index is 0.0822. The fraction of sp³-hybridized carbons (Fsp3) is 0.476. The van der Waals surface area contributed by atoms with Crippen LogP contribution in [0.5, 0.6) is 0 Å². The van der Waals surface area contributed by atoms with Gasteiger partial charge in [-0.25, -0.2) is 0 Å². The van der Waals surface area contributed by atoms with Crippen molar-refractivity contribution in [2.45, 2.75) is 25.8 Å². The van der Waals surface area contributed by atoms with Crippen molar-refractivity contribution in [2.24, 2.45) is 5.92 Å². The number of nitrogens with zero attached hydrogens (tertiary/aromatic N) is 3. The normalized spacial score (nSPS) is 19.2. The van der Waals surface area contributed by atoms with Crippen LogP contribution in [0.2, 0.25) is 5.02 Å². The number of halogens is 1. The van der Waals surface area contributed by atoms with E-state index < -0.39 is 0 Å². The maximum Gasteiger partial charge on any atom is 0.272 e. The number of rotatable bonds is 5. The third-order valence-electron chi connectivity index (χ3n) is 5.79. The van der Waals surface area contributed by atoms with Crippen molar-refractivity contribution in [2.75, 3.05) is 33.2 Å². The highest BCUT2D eigenvalue weighted by Gasteiger charge is 2.33. The number of hydrogen-bond acceptors (Lipinski definition) is 4. The van der Waals surface area contributed by atoms with Crippen LogP contribution in [0.3, 0.4) is 0 Å². The number of fused-ring (bicyclic) bond motifs is 1. The summed E-state index contributed by atoms with van der Waals surface area (Å²) in [4.78, 5) is 29.5. The average molecular weight is 416 g/mol. The molecule has 8 heteroatoms. The lowest BCUT2D eigenvalue weighted by molar-refractivity contribution is -0.136. The van der Waals surface area contributed by atoms with E-state index in [0.717, 1.165) is 36.3 Å². The lowest BCUT2D eigenvalue weighted by atomic mass is 10.0. The largest absolute Gasteiger partial charge is 0.350 e. The minimum atomic E-state index is -0.179. The van der Waals surface area contributed by atoms with Crippen LogP contribution >= 0.6 is 11.6 Å². The fourth-order valence-corrected chi connectivity index (χ4v) is 4.40. The summed E-state index contributed by atoms with van der Waals surface area (Å²) in [5, 5.41) is 10.8. The zero-order valence-corrected chi connectivity index (χ0v) is 17.3. The van der Waals surface area contributed by atoms with E-state index in [-0.39, 0.29) is 17.7 Å². The molecule has 1 saturated heterocycles. The Balaban J connectivity index is 1.34. The van der Waals surface area contributed by atoms with Crippen LogP contribution in [-0.4, -0.2) is 65.0 Å². The van der Waals surface area contributed by atoms with Gasteiger partial charge in [-0.15, -0.1) is 0 Å². The zero-order valence-electron chi connectivity index (χ0n) is 16.6. The molecule has 7 nitrogen and oxygen atoms in total. The van der Waals surface area contributed by atoms with E-state index in [4.69, 9.17) is 11.6 Å². The van der Waals surface area contributed by atoms with E-state index in [0.29, 0.717) is 43.2 Å². The first-order chi connectivity index (χ1) is 14.0. The summed E-state index contributed by atoms with van der Waals surface area (Å²) in [6, 6.07) is 7.62. The number of nitrogens with one attached hydrogen (secondary N) is 2. The molecule has 1 unspecified atom stereocenters. The molecular formula is C21H26ClN5O2. The Labute approximate surface area is 175 Å². The highest BCUT2D eigenvalue weighted by Crippen LogP contribution is 2.24. The quantitative estimate of drug-likeness (QED) is 0.781. The standard InChI is InChI=1S/C21H26ClN5O2/c1-26-9-6-15(12-26)21(29)27-10-7-17-18(13-27)24-25-19(17)20(28)23-8-5-14-3-2-4-16(22)11-14/h2-4,11,15H,5-10,12-13H2,1H3,(H,23,28)(H,24,25). The SMILES string of the molecule is CN1CCC(C(=O)N2CCc3c(C(=O)NCCc4cccc(Cl)c4)n[nH]c3C2)C1. The number of carbonyl (C=O) groups is 2. The van der Waals surface area contributed by atoms with E-state index in [1.807, 2.05) is 36.2 Å². The molecule has 4 rings (SSSR count). The number of benzene rings is 1. The van der Waals surface area contributed by atoms with E-state index >= 15 is 0 Å². The molecule has 0 bridgehead atoms. The van der Waals surface area contributed by atoms with Gasteiger partial charge in [0, 0.05) is 30.2 Å². The van der Waals surface area contributed by atoms with Gasteiger partial charge in [0.25, 0.3) is 5.91 Å². The highest BCUT2D eigenvalue weighted by molar-refractivity contribution is 6.30. The first-order valence-electron chi connectivity index (χ1n) is 10.1. The molecule has 1 aromatic carbocycles. The van der Waals surface area contributed by atoms with Gasteiger partial charge >= 0.3 is 0 Å². The number of aromatic nitrogens is 2. The lowest BCUT2D eigenvalue weighted by Crippen LogP contribution is -2.40. The zero-order chi connectivity index (χ0) is 20.4. The van der Waals surface area contributed by atoms with Crippen molar-refractivity contribution in [1.82, 2.24) is 25.3 Å². The summed E-state index contributed by atoms with van der Waals surface area (Å²) < 4.78 is 0. The predicted molar refractivity (Wildman–Crippen MR) is 111 cm³/mol. The Hall–Kier alpha value is -2.38. The smallest absolute Gasteiger partial charge is 0.272 e. The van der Waals surface area contributed by atoms with E-state index in [9.17, 15) is 9.59 Å². The summed E-state index contributed by atoms with van der Waals surface area (Å²) in [6.07, 6.45) is 2.27. The van der Waals surface area contributed by atoms with Crippen molar-refractivity contribution in [3.63, 3.8) is 0 Å². The molecule has 29 heavy (non-hydrogen) atoms. The van der Waals surface area contributed by atoms with Gasteiger partial charge in [0.05, 0.1) is 18.2 Å². The van der Waals surface area contributed by atoms with Crippen molar-refractivity contribution in [1.29, 1.82) is 0 Å². The minimum Gasteiger partial charge on any atom is -0.350 e. The average Bonchev–Trinajstić information content (AvgIpc) is 3.33. The molecule has 154 valence electrons. The van der Waals surface area contributed by atoms with Crippen LogP contribution in [0.25, 0.3) is 0 Å². The number of aromatic amines is 1. The highest BCUT2D eigenvalue weighted by atomic mass is 35.5. The van der Waals surface area contributed by atoms with Gasteiger partial charge in [-0.05, 0) is 50.6 Å². The second-order valence-corrected chi connectivity index (χ2v) is 8.36. The number of carbonyl (C=O) groups excluding carboxylic acids is 2. The number of likely N-dealkylation sites (tertiary alicyclic amines) is 1. The molecular weight excluding hydrogens is 390 g/mol. The maximum absolute atomic E-state index is 12.8. The molecule has 1 atom stereocenters. The van der Waals surface area contributed by atoms with Crippen LogP contribution in [-0.2, 0) is 24.2 Å². The molecule has 3 heterocycles. The summed E-state index contributed by atoms with van der Waals surface area (Å²) in [5.74, 6) is 0.113. The third-order valence-corrected chi connectivity index (χ3v) is 6.02. The van der Waals surface area contributed by atoms with Crippen molar-refractivity contribution in [3.8, 4) is 0 Å². The van der Waals surface area contributed by atoms with Crippen LogP contribution in [0.15, 0.2) is 24.3 Å². The summed E-state index contributed by atoms with van der Waals surface area (Å²) in [7, 11) is 2.05. The van der Waals surface area contributed by atoms with E-state index in [1.165, 1.54) is 0 Å². The molecule has 0 spiro atoms. The molecule has 1 aromatic heterocycles. The second kappa shape index (κ2) is 8.55. The Kier molecular flexibility index (Phi) is 5.87. The van der Waals surface area contributed by atoms with E-state index in [1.54, 1.807) is 0 Å². The predicted octanol–water partition coefficient (Wildman–Crippen LogP) is 1.87. The van der Waals surface area contributed by atoms with Crippen LogP contribution in [0, 0.1) is 5.92 Å². The second-order valence-electron chi connectivity index (χ2n) is 7.92. The van der Waals surface area contributed by atoms with Crippen LogP contribution < -0.4 is 5.32 Å². The van der Waals surface area contributed by atoms with Gasteiger partial charge < -0.3 is 15.1 Å². The van der Waals surface area contributed by atoms with Crippen LogP contribution in [0.1, 0.15) is 33.7 Å². The third kappa shape index (κ3) is 4.46. The Bertz CT molecular complexity index is 912. The maximum atomic E-state index is 12.8. The van der Waals surface area contributed by atoms with Gasteiger partial charge in [0.1, 0.15) is 0 Å². The molecule has 2 N–H and O–H groups in total. The topological polar surface area (TPSA) is 81.3 Å². The molecule has 2 amide bonds. The lowest BCUT2D eigenvalue weighted by Gasteiger charge is -2.29. The summed E-state index contributed by atoms with van der Waals surface area (Å²) in [5.41, 5.74) is 3.32. The first kappa shape index (κ1) is 19.9. The van der Waals surface area contributed by atoms with Gasteiger partial charge in [0.2, 0.25) is 5.91 Å². The van der Waals surface area contributed by atoms with E-state index in [2.05, 4.69) is 20.4 Å². The van der Waals surface area contributed by atoms with Gasteiger partial charge in [-0.2, -0.15) is 5.10 Å². The van der Waals surface area contributed by atoms with Gasteiger partial charge in [0.15, 0.2) is 5.69 Å². The Morgan fingerprint density at radius 1 is 1.34 bits per heavy atom. The molecule has 2 aliphatic heterocycles. The Morgan fingerprint density at radius 3 is 2.97 bits per heavy atom. The van der Waals surface area contributed by atoms with Crippen LogP contribution in [0.4, 0.5) is 0 Å². The molecule has 2 aromatic rings. The molecule has 0 radical (unpaired) electrons. The Morgan fingerprint density at radius 2 is 2.21 bits per heavy atom. The fourth-order valence-electron chi connectivity index (χ4n) is 4.19. The number of amides is 2. The molecule has 1 fully saturated rings. The molecule has 2 aliphatic rings. The van der Waals surface area contributed by atoms with Gasteiger partial charge in [-0.1, -0.05) is 23.7 Å². The first-order valence-corrected chi connectivity index (χ1v) is 10.4. The summed E-state index contributed by atoms with van der Waals surface area (Å²) >= 11 is 6.00.